The summed E-state index contributed by atoms with van der Waals surface area (Å²) in [5, 5.41) is 0. The van der Waals surface area contributed by atoms with E-state index in [1.54, 1.807) is 0 Å². The second kappa shape index (κ2) is 2.31. The van der Waals surface area contributed by atoms with Crippen molar-refractivity contribution in [2.24, 2.45) is 17.8 Å². The molecule has 2 aliphatic carbocycles. The summed E-state index contributed by atoms with van der Waals surface area (Å²) in [5.74, 6) is 9.55. The lowest BCUT2D eigenvalue weighted by Crippen LogP contribution is -1.85. The van der Waals surface area contributed by atoms with Gasteiger partial charge in [-0.3, -0.25) is 0 Å². The molecule has 1 fully saturated rings. The molecule has 0 aromatic heterocycles. The molecule has 0 unspecified atom stereocenters. The molecule has 0 radical (unpaired) electrons. The van der Waals surface area contributed by atoms with Crippen LogP contribution in [0.2, 0.25) is 0 Å². The quantitative estimate of drug-likeness (QED) is 0.446. The van der Waals surface area contributed by atoms with E-state index in [4.69, 9.17) is 0 Å². The van der Waals surface area contributed by atoms with Crippen LogP contribution in [-0.2, 0) is 0 Å². The molecule has 0 saturated heterocycles. The van der Waals surface area contributed by atoms with Crippen molar-refractivity contribution in [3.05, 3.63) is 0 Å². The molecular weight excluding hydrogens is 120 g/mol. The van der Waals surface area contributed by atoms with Crippen molar-refractivity contribution in [2.45, 2.75) is 32.6 Å². The molecule has 0 aliphatic heterocycles. The smallest absolute Gasteiger partial charge is 0.00915 e. The summed E-state index contributed by atoms with van der Waals surface area (Å²) < 4.78 is 0. The van der Waals surface area contributed by atoms with Crippen molar-refractivity contribution in [3.63, 3.8) is 0 Å². The Morgan fingerprint density at radius 3 is 2.00 bits per heavy atom. The van der Waals surface area contributed by atoms with Crippen LogP contribution in [-0.4, -0.2) is 0 Å². The number of rotatable bonds is 0. The van der Waals surface area contributed by atoms with Crippen LogP contribution >= 0.6 is 0 Å². The predicted molar refractivity (Wildman–Crippen MR) is 42.4 cm³/mol. The number of fused-ring (bicyclic) bond motifs is 1. The van der Waals surface area contributed by atoms with Gasteiger partial charge >= 0.3 is 0 Å². The van der Waals surface area contributed by atoms with Gasteiger partial charge in [-0.15, -0.1) is 11.8 Å². The van der Waals surface area contributed by atoms with E-state index in [1.165, 1.54) is 12.8 Å². The van der Waals surface area contributed by atoms with Gasteiger partial charge in [0.1, 0.15) is 0 Å². The van der Waals surface area contributed by atoms with Crippen molar-refractivity contribution in [3.8, 4) is 11.8 Å². The Hall–Kier alpha value is -0.440. The van der Waals surface area contributed by atoms with Gasteiger partial charge in [0, 0.05) is 12.8 Å². The average Bonchev–Trinajstić information content (AvgIpc) is 2.39. The van der Waals surface area contributed by atoms with E-state index >= 15 is 0 Å². The second-order valence-corrected chi connectivity index (χ2v) is 3.62. The topological polar surface area (TPSA) is 0 Å². The molecular formula is C10H14. The van der Waals surface area contributed by atoms with Gasteiger partial charge in [0.2, 0.25) is 0 Å². The normalized spacial score (nSPS) is 43.9. The standard InChI is InChI=1S/C10H14/c1-8-9-6-4-2-3-5-7-10(8)9/h8-10H,4-7H2,1H3/t9-,10-/m1/s1. The Bertz CT molecular complexity index is 164. The molecule has 0 amide bonds. The van der Waals surface area contributed by atoms with Crippen LogP contribution in [0.3, 0.4) is 0 Å². The van der Waals surface area contributed by atoms with Crippen LogP contribution < -0.4 is 0 Å². The Kier molecular flexibility index (Phi) is 1.45. The monoisotopic (exact) mass is 134 g/mol. The van der Waals surface area contributed by atoms with Gasteiger partial charge < -0.3 is 0 Å². The molecule has 2 aliphatic rings. The third-order valence-electron chi connectivity index (χ3n) is 3.09. The van der Waals surface area contributed by atoms with Crippen LogP contribution in [0.25, 0.3) is 0 Å². The minimum atomic E-state index is 1.02. The van der Waals surface area contributed by atoms with Gasteiger partial charge in [-0.05, 0) is 30.6 Å². The van der Waals surface area contributed by atoms with Crippen molar-refractivity contribution in [2.75, 3.05) is 0 Å². The Balaban J connectivity index is 1.97. The first-order valence-electron chi connectivity index (χ1n) is 4.35. The van der Waals surface area contributed by atoms with Crippen molar-refractivity contribution < 1.29 is 0 Å². The lowest BCUT2D eigenvalue weighted by Gasteiger charge is -1.96. The lowest BCUT2D eigenvalue weighted by atomic mass is 10.1. The molecule has 0 heterocycles. The summed E-state index contributed by atoms with van der Waals surface area (Å²) in [7, 11) is 0. The molecule has 0 aromatic rings. The summed E-state index contributed by atoms with van der Waals surface area (Å²) in [6.45, 7) is 2.39. The molecule has 0 spiro atoms. The van der Waals surface area contributed by atoms with Crippen molar-refractivity contribution in [1.29, 1.82) is 0 Å². The van der Waals surface area contributed by atoms with Crippen LogP contribution in [0.4, 0.5) is 0 Å². The third kappa shape index (κ3) is 0.944. The molecule has 0 nitrogen and oxygen atoms in total. The first-order chi connectivity index (χ1) is 4.89. The first kappa shape index (κ1) is 6.28. The van der Waals surface area contributed by atoms with E-state index in [-0.39, 0.29) is 0 Å². The predicted octanol–water partition coefficient (Wildman–Crippen LogP) is 2.45. The maximum atomic E-state index is 3.21. The summed E-state index contributed by atoms with van der Waals surface area (Å²) in [6, 6.07) is 0. The molecule has 10 heavy (non-hydrogen) atoms. The average molecular weight is 134 g/mol. The molecule has 2 atom stereocenters. The first-order valence-corrected chi connectivity index (χ1v) is 4.35. The SMILES string of the molecule is CC1[C@H]2CCC#CCC[C@H]12. The third-order valence-corrected chi connectivity index (χ3v) is 3.09. The van der Waals surface area contributed by atoms with E-state index in [1.807, 2.05) is 0 Å². The fraction of sp³-hybridized carbons (Fsp3) is 0.800. The highest BCUT2D eigenvalue weighted by Crippen LogP contribution is 2.51. The van der Waals surface area contributed by atoms with Crippen molar-refractivity contribution in [1.82, 2.24) is 0 Å². The fourth-order valence-electron chi connectivity index (χ4n) is 2.25. The lowest BCUT2D eigenvalue weighted by molar-refractivity contribution is 0.618. The molecule has 0 bridgehead atoms. The van der Waals surface area contributed by atoms with Crippen LogP contribution in [0, 0.1) is 29.6 Å². The highest BCUT2D eigenvalue weighted by molar-refractivity contribution is 5.06. The molecule has 2 rings (SSSR count). The van der Waals surface area contributed by atoms with Gasteiger partial charge in [0.05, 0.1) is 0 Å². The zero-order valence-electron chi connectivity index (χ0n) is 6.56. The van der Waals surface area contributed by atoms with E-state index in [9.17, 15) is 0 Å². The molecule has 1 saturated carbocycles. The van der Waals surface area contributed by atoms with E-state index in [0.717, 1.165) is 30.6 Å². The molecule has 0 N–H and O–H groups in total. The minimum absolute atomic E-state index is 1.02. The van der Waals surface area contributed by atoms with Crippen molar-refractivity contribution >= 4 is 0 Å². The van der Waals surface area contributed by atoms with Crippen LogP contribution in [0.5, 0.6) is 0 Å². The zero-order chi connectivity index (χ0) is 6.97. The van der Waals surface area contributed by atoms with E-state index < -0.39 is 0 Å². The molecule has 54 valence electrons. The second-order valence-electron chi connectivity index (χ2n) is 3.62. The largest absolute Gasteiger partial charge is 0.103 e. The fourth-order valence-corrected chi connectivity index (χ4v) is 2.25. The van der Waals surface area contributed by atoms with Gasteiger partial charge in [0.25, 0.3) is 0 Å². The van der Waals surface area contributed by atoms with Gasteiger partial charge in [-0.1, -0.05) is 6.92 Å². The molecule has 0 heteroatoms. The zero-order valence-corrected chi connectivity index (χ0v) is 6.56. The summed E-state index contributed by atoms with van der Waals surface area (Å²) in [6.07, 6.45) is 5.06. The highest BCUT2D eigenvalue weighted by atomic mass is 14.5. The molecule has 0 aromatic carbocycles. The maximum Gasteiger partial charge on any atom is 0.00915 e. The number of hydrogen-bond acceptors (Lipinski definition) is 0. The van der Waals surface area contributed by atoms with Crippen LogP contribution in [0.1, 0.15) is 32.6 Å². The van der Waals surface area contributed by atoms with Gasteiger partial charge in [-0.2, -0.15) is 0 Å². The summed E-state index contributed by atoms with van der Waals surface area (Å²) in [5.41, 5.74) is 0. The number of hydrogen-bond donors (Lipinski definition) is 0. The summed E-state index contributed by atoms with van der Waals surface area (Å²) >= 11 is 0. The van der Waals surface area contributed by atoms with Crippen LogP contribution in [0.15, 0.2) is 0 Å². The Morgan fingerprint density at radius 1 is 1.00 bits per heavy atom. The van der Waals surface area contributed by atoms with Gasteiger partial charge in [0.15, 0.2) is 0 Å². The maximum absolute atomic E-state index is 3.21. The summed E-state index contributed by atoms with van der Waals surface area (Å²) in [4.78, 5) is 0. The Morgan fingerprint density at radius 2 is 1.50 bits per heavy atom. The van der Waals surface area contributed by atoms with E-state index in [0.29, 0.717) is 0 Å². The van der Waals surface area contributed by atoms with Gasteiger partial charge in [-0.25, -0.2) is 0 Å². The minimum Gasteiger partial charge on any atom is -0.103 e. The Labute approximate surface area is 63.0 Å². The van der Waals surface area contributed by atoms with E-state index in [2.05, 4.69) is 18.8 Å². The highest BCUT2D eigenvalue weighted by Gasteiger charge is 2.44.